The van der Waals surface area contributed by atoms with Crippen LogP contribution < -0.4 is 5.43 Å². The third-order valence-electron chi connectivity index (χ3n) is 3.63. The average Bonchev–Trinajstić information content (AvgIpc) is 2.65. The van der Waals surface area contributed by atoms with Gasteiger partial charge >= 0.3 is 0 Å². The zero-order chi connectivity index (χ0) is 17.8. The lowest BCUT2D eigenvalue weighted by Gasteiger charge is -2.04. The van der Waals surface area contributed by atoms with E-state index in [1.54, 1.807) is 25.1 Å². The molecular formula is C18H14N4O3. The molecule has 1 N–H and O–H groups in total. The number of aromatic nitrogens is 1. The van der Waals surface area contributed by atoms with Gasteiger partial charge in [-0.15, -0.1) is 0 Å². The highest BCUT2D eigenvalue weighted by Gasteiger charge is 2.10. The van der Waals surface area contributed by atoms with E-state index in [2.05, 4.69) is 15.5 Å². The van der Waals surface area contributed by atoms with Gasteiger partial charge in [0.25, 0.3) is 11.6 Å². The van der Waals surface area contributed by atoms with Crippen LogP contribution in [0.2, 0.25) is 0 Å². The molecule has 25 heavy (non-hydrogen) atoms. The summed E-state index contributed by atoms with van der Waals surface area (Å²) >= 11 is 0. The standard InChI is InChI=1S/C18H14N4O3/c1-12(14-6-4-7-15(11-14)22(24)25)20-21-18(23)17-10-9-13-5-2-3-8-16(13)19-17/h2-11H,1H3,(H,21,23)/b20-12-. The van der Waals surface area contributed by atoms with Gasteiger partial charge in [-0.2, -0.15) is 5.10 Å². The van der Waals surface area contributed by atoms with Gasteiger partial charge in [0.1, 0.15) is 5.69 Å². The second-order valence-electron chi connectivity index (χ2n) is 5.33. The highest BCUT2D eigenvalue weighted by molar-refractivity contribution is 6.01. The summed E-state index contributed by atoms with van der Waals surface area (Å²) in [5.41, 5.74) is 4.37. The van der Waals surface area contributed by atoms with E-state index >= 15 is 0 Å². The van der Waals surface area contributed by atoms with Crippen LogP contribution in [0.3, 0.4) is 0 Å². The second kappa shape index (κ2) is 6.88. The summed E-state index contributed by atoms with van der Waals surface area (Å²) in [6.07, 6.45) is 0. The third kappa shape index (κ3) is 3.66. The summed E-state index contributed by atoms with van der Waals surface area (Å²) in [4.78, 5) is 26.8. The number of hydrogen-bond acceptors (Lipinski definition) is 5. The van der Waals surface area contributed by atoms with Crippen molar-refractivity contribution in [3.05, 3.63) is 82.0 Å². The van der Waals surface area contributed by atoms with Gasteiger partial charge in [0.15, 0.2) is 0 Å². The molecule has 2 aromatic carbocycles. The molecule has 124 valence electrons. The summed E-state index contributed by atoms with van der Waals surface area (Å²) in [7, 11) is 0. The smallest absolute Gasteiger partial charge is 0.266 e. The molecule has 1 aromatic heterocycles. The molecule has 0 radical (unpaired) electrons. The average molecular weight is 334 g/mol. The Hall–Kier alpha value is -3.61. The summed E-state index contributed by atoms with van der Waals surface area (Å²) < 4.78 is 0. The first-order chi connectivity index (χ1) is 12.0. The number of nitrogens with zero attached hydrogens (tertiary/aromatic N) is 3. The molecule has 3 aromatic rings. The molecule has 0 spiro atoms. The fourth-order valence-electron chi connectivity index (χ4n) is 2.29. The third-order valence-corrected chi connectivity index (χ3v) is 3.63. The number of fused-ring (bicyclic) bond motifs is 1. The Morgan fingerprint density at radius 2 is 1.92 bits per heavy atom. The lowest BCUT2D eigenvalue weighted by molar-refractivity contribution is -0.384. The number of nitrogens with one attached hydrogen (secondary N) is 1. The van der Waals surface area contributed by atoms with Crippen LogP contribution >= 0.6 is 0 Å². The number of carbonyl (C=O) groups is 1. The van der Waals surface area contributed by atoms with E-state index in [1.165, 1.54) is 12.1 Å². The lowest BCUT2D eigenvalue weighted by Crippen LogP contribution is -2.20. The summed E-state index contributed by atoms with van der Waals surface area (Å²) in [6.45, 7) is 1.66. The SMILES string of the molecule is C/C(=N/NC(=O)c1ccc2ccccc2n1)c1cccc([N+](=O)[O-])c1. The van der Waals surface area contributed by atoms with Crippen molar-refractivity contribution in [2.24, 2.45) is 5.10 Å². The Balaban J connectivity index is 1.78. The number of nitro benzene ring substituents is 1. The number of hydrogen-bond donors (Lipinski definition) is 1. The molecule has 1 amide bonds. The van der Waals surface area contributed by atoms with Crippen LogP contribution in [0.25, 0.3) is 10.9 Å². The Kier molecular flexibility index (Phi) is 4.47. The molecule has 3 rings (SSSR count). The quantitative estimate of drug-likeness (QED) is 0.449. The number of amides is 1. The molecule has 0 aliphatic rings. The molecule has 7 nitrogen and oxygen atoms in total. The molecule has 0 saturated heterocycles. The normalized spacial score (nSPS) is 11.3. The molecule has 0 aliphatic carbocycles. The van der Waals surface area contributed by atoms with Gasteiger partial charge in [-0.3, -0.25) is 14.9 Å². The van der Waals surface area contributed by atoms with E-state index in [9.17, 15) is 14.9 Å². The van der Waals surface area contributed by atoms with E-state index < -0.39 is 10.8 Å². The van der Waals surface area contributed by atoms with Crippen LogP contribution in [0.4, 0.5) is 5.69 Å². The maximum absolute atomic E-state index is 12.2. The fraction of sp³-hybridized carbons (Fsp3) is 0.0556. The molecule has 7 heteroatoms. The number of hydrazone groups is 1. The van der Waals surface area contributed by atoms with Crippen molar-refractivity contribution < 1.29 is 9.72 Å². The van der Waals surface area contributed by atoms with Gasteiger partial charge in [-0.25, -0.2) is 10.4 Å². The largest absolute Gasteiger partial charge is 0.289 e. The number of para-hydroxylation sites is 1. The summed E-state index contributed by atoms with van der Waals surface area (Å²) in [5.74, 6) is -0.449. The first kappa shape index (κ1) is 16.3. The first-order valence-corrected chi connectivity index (χ1v) is 7.50. The van der Waals surface area contributed by atoms with Gasteiger partial charge in [0, 0.05) is 23.1 Å². The van der Waals surface area contributed by atoms with E-state index in [4.69, 9.17) is 0 Å². The molecule has 0 atom stereocenters. The number of non-ortho nitro benzene ring substituents is 1. The number of pyridine rings is 1. The van der Waals surface area contributed by atoms with Crippen molar-refractivity contribution in [3.8, 4) is 0 Å². The van der Waals surface area contributed by atoms with Crippen molar-refractivity contribution in [3.63, 3.8) is 0 Å². The molecule has 0 saturated carbocycles. The van der Waals surface area contributed by atoms with Crippen LogP contribution in [-0.4, -0.2) is 21.5 Å². The number of rotatable bonds is 4. The molecule has 0 bridgehead atoms. The maximum Gasteiger partial charge on any atom is 0.289 e. The Morgan fingerprint density at radius 3 is 2.72 bits per heavy atom. The van der Waals surface area contributed by atoms with Crippen molar-refractivity contribution in [1.82, 2.24) is 10.4 Å². The minimum Gasteiger partial charge on any atom is -0.266 e. The maximum atomic E-state index is 12.2. The van der Waals surface area contributed by atoms with E-state index in [1.807, 2.05) is 30.3 Å². The minimum atomic E-state index is -0.478. The van der Waals surface area contributed by atoms with Gasteiger partial charge in [-0.1, -0.05) is 36.4 Å². The van der Waals surface area contributed by atoms with Gasteiger partial charge in [0.05, 0.1) is 16.2 Å². The molecular weight excluding hydrogens is 320 g/mol. The van der Waals surface area contributed by atoms with Gasteiger partial charge in [0.2, 0.25) is 0 Å². The molecule has 0 fully saturated rings. The van der Waals surface area contributed by atoms with Crippen molar-refractivity contribution in [1.29, 1.82) is 0 Å². The molecule has 0 aliphatic heterocycles. The van der Waals surface area contributed by atoms with Gasteiger partial charge in [-0.05, 0) is 19.1 Å². The monoisotopic (exact) mass is 334 g/mol. The predicted molar refractivity (Wildman–Crippen MR) is 94.5 cm³/mol. The number of carbonyl (C=O) groups excluding carboxylic acids is 1. The highest BCUT2D eigenvalue weighted by Crippen LogP contribution is 2.14. The Labute approximate surface area is 143 Å². The van der Waals surface area contributed by atoms with Crippen molar-refractivity contribution in [2.75, 3.05) is 0 Å². The van der Waals surface area contributed by atoms with Crippen molar-refractivity contribution >= 4 is 28.2 Å². The van der Waals surface area contributed by atoms with Crippen LogP contribution in [0, 0.1) is 10.1 Å². The fourth-order valence-corrected chi connectivity index (χ4v) is 2.29. The molecule has 0 unspecified atom stereocenters. The zero-order valence-electron chi connectivity index (χ0n) is 13.3. The minimum absolute atomic E-state index is 0.0328. The Morgan fingerprint density at radius 1 is 1.12 bits per heavy atom. The Bertz CT molecular complexity index is 998. The first-order valence-electron chi connectivity index (χ1n) is 7.50. The highest BCUT2D eigenvalue weighted by atomic mass is 16.6. The van der Waals surface area contributed by atoms with Crippen LogP contribution in [-0.2, 0) is 0 Å². The number of nitro groups is 1. The summed E-state index contributed by atoms with van der Waals surface area (Å²) in [5, 5.41) is 15.8. The van der Waals surface area contributed by atoms with Crippen LogP contribution in [0.1, 0.15) is 23.0 Å². The second-order valence-corrected chi connectivity index (χ2v) is 5.33. The topological polar surface area (TPSA) is 97.5 Å². The zero-order valence-corrected chi connectivity index (χ0v) is 13.3. The van der Waals surface area contributed by atoms with E-state index in [0.717, 1.165) is 10.9 Å². The van der Waals surface area contributed by atoms with Crippen LogP contribution in [0.15, 0.2) is 65.8 Å². The molecule has 1 heterocycles. The van der Waals surface area contributed by atoms with Crippen LogP contribution in [0.5, 0.6) is 0 Å². The lowest BCUT2D eigenvalue weighted by atomic mass is 10.1. The summed E-state index contributed by atoms with van der Waals surface area (Å²) in [6, 6.07) is 17.0. The van der Waals surface area contributed by atoms with E-state index in [0.29, 0.717) is 11.3 Å². The van der Waals surface area contributed by atoms with Crippen molar-refractivity contribution in [2.45, 2.75) is 6.92 Å². The predicted octanol–water partition coefficient (Wildman–Crippen LogP) is 3.30. The van der Waals surface area contributed by atoms with Gasteiger partial charge < -0.3 is 0 Å². The van der Waals surface area contributed by atoms with E-state index in [-0.39, 0.29) is 11.4 Å². The number of benzene rings is 2.